The summed E-state index contributed by atoms with van der Waals surface area (Å²) in [5.74, 6) is -0.696. The Morgan fingerprint density at radius 3 is 2.56 bits per heavy atom. The summed E-state index contributed by atoms with van der Waals surface area (Å²) < 4.78 is 32.1. The van der Waals surface area contributed by atoms with E-state index in [0.717, 1.165) is 4.80 Å². The molecule has 0 amide bonds. The molecule has 0 saturated heterocycles. The van der Waals surface area contributed by atoms with Crippen molar-refractivity contribution in [3.8, 4) is 11.4 Å². The maximum absolute atomic E-state index is 11.8. The van der Waals surface area contributed by atoms with Crippen LogP contribution in [0.1, 0.15) is 0 Å². The minimum absolute atomic E-state index is 0.0187. The molecule has 0 aliphatic heterocycles. The van der Waals surface area contributed by atoms with Gasteiger partial charge in [0.05, 0.1) is 4.80 Å². The highest BCUT2D eigenvalue weighted by atomic mass is 19.3. The summed E-state index contributed by atoms with van der Waals surface area (Å²) in [5.41, 5.74) is 0.451. The summed E-state index contributed by atoms with van der Waals surface area (Å²) in [4.78, 5) is 11.7. The standard InChI is InChI=1S/C8H5F2N3O3/c9-7(10)15-6-3-1-5(2-4-6)13-11-8(14)16-12-13/h1-4,7H/p+1. The van der Waals surface area contributed by atoms with E-state index >= 15 is 0 Å². The molecule has 0 unspecified atom stereocenters. The predicted molar refractivity (Wildman–Crippen MR) is 45.3 cm³/mol. The van der Waals surface area contributed by atoms with Crippen molar-refractivity contribution in [1.29, 1.82) is 0 Å². The number of aromatic amines is 1. The summed E-state index contributed by atoms with van der Waals surface area (Å²) in [6, 6.07) is 5.52. The molecule has 16 heavy (non-hydrogen) atoms. The first-order chi connectivity index (χ1) is 7.65. The van der Waals surface area contributed by atoms with Crippen molar-refractivity contribution in [2.24, 2.45) is 0 Å². The van der Waals surface area contributed by atoms with Gasteiger partial charge in [-0.1, -0.05) is 5.10 Å². The molecule has 2 aromatic rings. The Morgan fingerprint density at radius 2 is 2.06 bits per heavy atom. The summed E-state index contributed by atoms with van der Waals surface area (Å²) in [5, 5.41) is 5.61. The second-order valence-corrected chi connectivity index (χ2v) is 2.76. The summed E-state index contributed by atoms with van der Waals surface area (Å²) >= 11 is 0. The molecule has 1 aromatic heterocycles. The molecule has 8 heteroatoms. The number of halogens is 2. The topological polar surface area (TPSA) is 72.0 Å². The third kappa shape index (κ3) is 2.22. The van der Waals surface area contributed by atoms with Crippen molar-refractivity contribution in [2.45, 2.75) is 6.61 Å². The predicted octanol–water partition coefficient (Wildman–Crippen LogP) is 0.241. The van der Waals surface area contributed by atoms with Crippen LogP contribution in [-0.2, 0) is 0 Å². The highest BCUT2D eigenvalue weighted by molar-refractivity contribution is 5.30. The monoisotopic (exact) mass is 230 g/mol. The van der Waals surface area contributed by atoms with Crippen molar-refractivity contribution < 1.29 is 22.8 Å². The van der Waals surface area contributed by atoms with Crippen molar-refractivity contribution in [3.05, 3.63) is 34.8 Å². The Labute approximate surface area is 87.0 Å². The molecular weight excluding hydrogens is 224 g/mol. The molecule has 2 rings (SSSR count). The zero-order valence-corrected chi connectivity index (χ0v) is 7.76. The molecule has 0 saturated carbocycles. The van der Waals surface area contributed by atoms with Crippen LogP contribution >= 0.6 is 0 Å². The van der Waals surface area contributed by atoms with Crippen LogP contribution in [0.25, 0.3) is 5.69 Å². The normalized spacial score (nSPS) is 10.7. The van der Waals surface area contributed by atoms with E-state index in [-0.39, 0.29) is 5.75 Å². The molecule has 0 aliphatic carbocycles. The van der Waals surface area contributed by atoms with Crippen LogP contribution < -0.4 is 15.3 Å². The number of nitrogens with one attached hydrogen (secondary N) is 1. The highest BCUT2D eigenvalue weighted by Crippen LogP contribution is 2.14. The van der Waals surface area contributed by atoms with Crippen molar-refractivity contribution in [2.75, 3.05) is 0 Å². The largest absolute Gasteiger partial charge is 0.493 e. The van der Waals surface area contributed by atoms with Crippen molar-refractivity contribution >= 4 is 0 Å². The summed E-state index contributed by atoms with van der Waals surface area (Å²) in [6.45, 7) is -2.87. The lowest BCUT2D eigenvalue weighted by Gasteiger charge is -2.01. The molecule has 84 valence electrons. The summed E-state index contributed by atoms with van der Waals surface area (Å²) in [7, 11) is 0. The molecule has 0 aliphatic rings. The lowest BCUT2D eigenvalue weighted by molar-refractivity contribution is -0.725. The van der Waals surface area contributed by atoms with Gasteiger partial charge >= 0.3 is 12.4 Å². The number of hydrogen-bond donors (Lipinski definition) is 1. The van der Waals surface area contributed by atoms with Crippen LogP contribution in [0.3, 0.4) is 0 Å². The lowest BCUT2D eigenvalue weighted by atomic mass is 10.3. The van der Waals surface area contributed by atoms with E-state index in [1.54, 1.807) is 0 Å². The van der Waals surface area contributed by atoms with Crippen molar-refractivity contribution in [1.82, 2.24) is 10.4 Å². The second-order valence-electron chi connectivity index (χ2n) is 2.76. The van der Waals surface area contributed by atoms with Crippen LogP contribution in [-0.4, -0.2) is 17.0 Å². The molecule has 0 atom stereocenters. The van der Waals surface area contributed by atoms with Crippen LogP contribution in [0, 0.1) is 0 Å². The van der Waals surface area contributed by atoms with Gasteiger partial charge in [-0.05, 0) is 12.1 Å². The van der Waals surface area contributed by atoms with Crippen molar-refractivity contribution in [3.63, 3.8) is 0 Å². The first-order valence-electron chi connectivity index (χ1n) is 4.19. The first kappa shape index (κ1) is 10.3. The van der Waals surface area contributed by atoms with E-state index in [9.17, 15) is 13.6 Å². The Kier molecular flexibility index (Phi) is 2.63. The highest BCUT2D eigenvalue weighted by Gasteiger charge is 2.13. The fraction of sp³-hybridized carbons (Fsp3) is 0.125. The molecule has 0 spiro atoms. The van der Waals surface area contributed by atoms with Crippen LogP contribution in [0.2, 0.25) is 0 Å². The van der Waals surface area contributed by atoms with Gasteiger partial charge in [0, 0.05) is 12.1 Å². The van der Waals surface area contributed by atoms with Crippen LogP contribution in [0.15, 0.2) is 33.6 Å². The average molecular weight is 230 g/mol. The zero-order valence-electron chi connectivity index (χ0n) is 7.76. The van der Waals surface area contributed by atoms with Crippen LogP contribution in [0.5, 0.6) is 5.75 Å². The van der Waals surface area contributed by atoms with Gasteiger partial charge in [0.1, 0.15) is 5.75 Å². The Morgan fingerprint density at radius 1 is 1.38 bits per heavy atom. The molecule has 1 aromatic carbocycles. The van der Waals surface area contributed by atoms with E-state index in [1.807, 2.05) is 0 Å². The van der Waals surface area contributed by atoms with Gasteiger partial charge in [0.2, 0.25) is 5.27 Å². The fourth-order valence-corrected chi connectivity index (χ4v) is 1.09. The summed E-state index contributed by atoms with van der Waals surface area (Å²) in [6.07, 6.45) is 0. The third-order valence-corrected chi connectivity index (χ3v) is 1.71. The minimum Gasteiger partial charge on any atom is -0.435 e. The van der Waals surface area contributed by atoms with Gasteiger partial charge in [-0.2, -0.15) is 8.78 Å². The number of ether oxygens (including phenoxy) is 1. The van der Waals surface area contributed by atoms with E-state index < -0.39 is 12.4 Å². The van der Waals surface area contributed by atoms with Gasteiger partial charge in [0.25, 0.3) is 5.69 Å². The fourth-order valence-electron chi connectivity index (χ4n) is 1.09. The van der Waals surface area contributed by atoms with Crippen LogP contribution in [0.4, 0.5) is 8.78 Å². The molecular formula is C8H6F2N3O3+. The molecule has 1 N–H and O–H groups in total. The maximum atomic E-state index is 11.8. The minimum atomic E-state index is -2.87. The van der Waals surface area contributed by atoms with E-state index in [4.69, 9.17) is 0 Å². The van der Waals surface area contributed by atoms with Gasteiger partial charge in [-0.15, -0.1) is 0 Å². The quantitative estimate of drug-likeness (QED) is 0.766. The number of hydrogen-bond acceptors (Lipinski definition) is 4. The van der Waals surface area contributed by atoms with Gasteiger partial charge < -0.3 is 4.74 Å². The molecule has 0 fully saturated rings. The molecule has 1 heterocycles. The van der Waals surface area contributed by atoms with E-state index in [0.29, 0.717) is 5.69 Å². The second kappa shape index (κ2) is 4.09. The Balaban J connectivity index is 2.22. The van der Waals surface area contributed by atoms with E-state index in [1.165, 1.54) is 24.3 Å². The number of aromatic nitrogens is 3. The SMILES string of the molecule is O=c1[nH][n+](-c2ccc(OC(F)F)cc2)no1. The Hall–Kier alpha value is -2.25. The zero-order chi connectivity index (χ0) is 11.5. The number of rotatable bonds is 3. The smallest absolute Gasteiger partial charge is 0.435 e. The Bertz CT molecular complexity index is 520. The maximum Gasteiger partial charge on any atom is 0.493 e. The molecule has 0 bridgehead atoms. The molecule has 0 radical (unpaired) electrons. The van der Waals surface area contributed by atoms with E-state index in [2.05, 4.69) is 19.6 Å². The number of alkyl halides is 2. The van der Waals surface area contributed by atoms with Gasteiger partial charge in [-0.25, -0.2) is 9.32 Å². The van der Waals surface area contributed by atoms with Gasteiger partial charge in [0.15, 0.2) is 0 Å². The first-order valence-corrected chi connectivity index (χ1v) is 4.19. The number of nitrogens with zero attached hydrogens (tertiary/aromatic N) is 2. The van der Waals surface area contributed by atoms with Gasteiger partial charge in [-0.3, -0.25) is 0 Å². The third-order valence-electron chi connectivity index (χ3n) is 1.71. The number of H-pyrrole nitrogens is 1. The average Bonchev–Trinajstić information content (AvgIpc) is 2.65. The lowest BCUT2D eigenvalue weighted by Crippen LogP contribution is -2.37. The number of benzene rings is 1. The molecule has 6 nitrogen and oxygen atoms in total.